The minimum absolute atomic E-state index is 0.0392. The number of hydrogen-bond acceptors (Lipinski definition) is 3. The molecule has 120 valence electrons. The van der Waals surface area contributed by atoms with Crippen LogP contribution < -0.4 is 0 Å². The van der Waals surface area contributed by atoms with Crippen molar-refractivity contribution >= 4 is 29.3 Å². The molecular weight excluding hydrogens is 304 g/mol. The van der Waals surface area contributed by atoms with E-state index in [-0.39, 0.29) is 6.04 Å². The lowest BCUT2D eigenvalue weighted by Gasteiger charge is -2.36. The smallest absolute Gasteiger partial charge is 0.407 e. The van der Waals surface area contributed by atoms with E-state index in [0.29, 0.717) is 13.1 Å². The Hall–Kier alpha value is -3.15. The molecule has 1 amide bonds. The third-order valence-electron chi connectivity index (χ3n) is 4.21. The third kappa shape index (κ3) is 2.52. The maximum absolute atomic E-state index is 11.0. The molecule has 3 aromatic rings. The van der Waals surface area contributed by atoms with E-state index in [9.17, 15) is 4.79 Å². The van der Waals surface area contributed by atoms with Crippen molar-refractivity contribution in [3.63, 3.8) is 0 Å². The number of aromatic nitrogens is 3. The molecule has 6 heteroatoms. The number of amides is 1. The van der Waals surface area contributed by atoms with E-state index >= 15 is 0 Å². The third-order valence-corrected chi connectivity index (χ3v) is 4.21. The monoisotopic (exact) mass is 320 g/mol. The average molecular weight is 320 g/mol. The van der Waals surface area contributed by atoms with Gasteiger partial charge in [-0.15, -0.1) is 0 Å². The summed E-state index contributed by atoms with van der Waals surface area (Å²) in [6.07, 6.45) is 4.84. The second kappa shape index (κ2) is 5.81. The number of fused-ring (bicyclic) bond motifs is 1. The zero-order valence-corrected chi connectivity index (χ0v) is 12.9. The number of carbonyl (C=O) groups is 1. The predicted octanol–water partition coefficient (Wildman–Crippen LogP) is 3.14. The molecule has 24 heavy (non-hydrogen) atoms. The lowest BCUT2D eigenvalue weighted by molar-refractivity contribution is 0.0826. The lowest BCUT2D eigenvalue weighted by atomic mass is 10.1. The molecule has 1 saturated heterocycles. The second-order valence-corrected chi connectivity index (χ2v) is 5.79. The van der Waals surface area contributed by atoms with Gasteiger partial charge in [-0.1, -0.05) is 36.4 Å². The van der Waals surface area contributed by atoms with Gasteiger partial charge in [0.1, 0.15) is 0 Å². The molecular formula is C18H16N4O2. The normalized spacial score (nSPS) is 15.1. The Bertz CT molecular complexity index is 911. The number of hydrogen-bond donors (Lipinski definition) is 1. The van der Waals surface area contributed by atoms with E-state index in [2.05, 4.69) is 10.1 Å². The zero-order valence-electron chi connectivity index (χ0n) is 12.9. The van der Waals surface area contributed by atoms with E-state index < -0.39 is 6.09 Å². The maximum atomic E-state index is 11.0. The second-order valence-electron chi connectivity index (χ2n) is 5.79. The highest BCUT2D eigenvalue weighted by atomic mass is 16.4. The molecule has 0 atom stereocenters. The summed E-state index contributed by atoms with van der Waals surface area (Å²) in [5, 5.41) is 14.6. The first-order valence-electron chi connectivity index (χ1n) is 7.76. The average Bonchev–Trinajstić information content (AvgIpc) is 2.91. The minimum Gasteiger partial charge on any atom is -0.465 e. The van der Waals surface area contributed by atoms with Gasteiger partial charge in [0.2, 0.25) is 0 Å². The fraction of sp³-hybridized carbons (Fsp3) is 0.167. The topological polar surface area (TPSA) is 71.2 Å². The van der Waals surface area contributed by atoms with Crippen LogP contribution in [-0.2, 0) is 0 Å². The van der Waals surface area contributed by atoms with E-state index in [0.717, 1.165) is 22.3 Å². The Balaban J connectivity index is 1.67. The van der Waals surface area contributed by atoms with E-state index in [1.54, 1.807) is 6.20 Å². The van der Waals surface area contributed by atoms with Crippen molar-refractivity contribution in [2.45, 2.75) is 6.04 Å². The molecule has 6 nitrogen and oxygen atoms in total. The summed E-state index contributed by atoms with van der Waals surface area (Å²) in [7, 11) is 0. The van der Waals surface area contributed by atoms with E-state index in [4.69, 9.17) is 5.11 Å². The first-order valence-corrected chi connectivity index (χ1v) is 7.76. The largest absolute Gasteiger partial charge is 0.465 e. The molecule has 1 fully saturated rings. The van der Waals surface area contributed by atoms with Gasteiger partial charge in [0, 0.05) is 24.7 Å². The maximum Gasteiger partial charge on any atom is 0.407 e. The number of nitrogens with zero attached hydrogens (tertiary/aromatic N) is 4. The van der Waals surface area contributed by atoms with Gasteiger partial charge in [0.15, 0.2) is 5.65 Å². The van der Waals surface area contributed by atoms with Crippen LogP contribution in [0.15, 0.2) is 48.7 Å². The summed E-state index contributed by atoms with van der Waals surface area (Å²) in [6, 6.07) is 13.9. The first kappa shape index (κ1) is 14.4. The van der Waals surface area contributed by atoms with Crippen LogP contribution in [0.5, 0.6) is 0 Å². The van der Waals surface area contributed by atoms with Crippen LogP contribution in [-0.4, -0.2) is 44.0 Å². The van der Waals surface area contributed by atoms with E-state index in [1.807, 2.05) is 59.3 Å². The molecule has 0 bridgehead atoms. The Morgan fingerprint density at radius 1 is 1.12 bits per heavy atom. The number of benzene rings is 1. The van der Waals surface area contributed by atoms with Gasteiger partial charge in [0.05, 0.1) is 11.7 Å². The molecule has 2 aromatic heterocycles. The van der Waals surface area contributed by atoms with Crippen LogP contribution in [0.2, 0.25) is 0 Å². The van der Waals surface area contributed by atoms with Gasteiger partial charge in [-0.2, -0.15) is 5.10 Å². The lowest BCUT2D eigenvalue weighted by Crippen LogP contribution is -2.50. The molecule has 1 aliphatic rings. The van der Waals surface area contributed by atoms with Gasteiger partial charge in [-0.05, 0) is 23.8 Å². The van der Waals surface area contributed by atoms with Crippen LogP contribution in [0.3, 0.4) is 0 Å². The Morgan fingerprint density at radius 2 is 1.92 bits per heavy atom. The summed E-state index contributed by atoms with van der Waals surface area (Å²) >= 11 is 0. The van der Waals surface area contributed by atoms with Crippen LogP contribution in [0.1, 0.15) is 17.3 Å². The quantitative estimate of drug-likeness (QED) is 0.805. The standard InChI is InChI=1S/C18H16N4O2/c23-18(24)21-11-14(12-21)22-17-15(7-4-10-19-17)16(20-22)9-8-13-5-2-1-3-6-13/h1-10,14H,11-12H2,(H,23,24). The highest BCUT2D eigenvalue weighted by Gasteiger charge is 2.33. The molecule has 1 N–H and O–H groups in total. The van der Waals surface area contributed by atoms with Crippen molar-refractivity contribution in [2.75, 3.05) is 13.1 Å². The van der Waals surface area contributed by atoms with Crippen molar-refractivity contribution in [2.24, 2.45) is 0 Å². The molecule has 0 aliphatic carbocycles. The van der Waals surface area contributed by atoms with Crippen molar-refractivity contribution in [1.82, 2.24) is 19.7 Å². The highest BCUT2D eigenvalue weighted by molar-refractivity contribution is 5.87. The predicted molar refractivity (Wildman–Crippen MR) is 91.5 cm³/mol. The molecule has 0 unspecified atom stereocenters. The van der Waals surface area contributed by atoms with Crippen molar-refractivity contribution in [3.8, 4) is 0 Å². The first-order chi connectivity index (χ1) is 11.7. The van der Waals surface area contributed by atoms with Gasteiger partial charge < -0.3 is 10.0 Å². The van der Waals surface area contributed by atoms with Gasteiger partial charge in [0.25, 0.3) is 0 Å². The summed E-state index contributed by atoms with van der Waals surface area (Å²) in [4.78, 5) is 16.8. The molecule has 1 aliphatic heterocycles. The fourth-order valence-electron chi connectivity index (χ4n) is 2.88. The van der Waals surface area contributed by atoms with Crippen LogP contribution >= 0.6 is 0 Å². The number of carboxylic acid groups (broad SMARTS) is 1. The summed E-state index contributed by atoms with van der Waals surface area (Å²) < 4.78 is 1.85. The molecule has 1 aromatic carbocycles. The Kier molecular flexibility index (Phi) is 3.49. The van der Waals surface area contributed by atoms with Crippen LogP contribution in [0, 0.1) is 0 Å². The minimum atomic E-state index is -0.889. The van der Waals surface area contributed by atoms with Crippen molar-refractivity contribution in [3.05, 3.63) is 59.9 Å². The summed E-state index contributed by atoms with van der Waals surface area (Å²) in [5.41, 5.74) is 2.74. The fourth-order valence-corrected chi connectivity index (χ4v) is 2.88. The molecule has 0 radical (unpaired) electrons. The van der Waals surface area contributed by atoms with Crippen molar-refractivity contribution in [1.29, 1.82) is 0 Å². The van der Waals surface area contributed by atoms with Gasteiger partial charge in [-0.25, -0.2) is 14.5 Å². The molecule has 0 saturated carbocycles. The SMILES string of the molecule is O=C(O)N1CC(n2nc(C=Cc3ccccc3)c3cccnc32)C1. The summed E-state index contributed by atoms with van der Waals surface area (Å²) in [5.74, 6) is 0. The Labute approximate surface area is 138 Å². The molecule has 3 heterocycles. The van der Waals surface area contributed by atoms with Gasteiger partial charge >= 0.3 is 6.09 Å². The molecule has 0 spiro atoms. The van der Waals surface area contributed by atoms with Crippen molar-refractivity contribution < 1.29 is 9.90 Å². The summed E-state index contributed by atoms with van der Waals surface area (Å²) in [6.45, 7) is 0.898. The van der Waals surface area contributed by atoms with E-state index in [1.165, 1.54) is 4.90 Å². The number of rotatable bonds is 3. The van der Waals surface area contributed by atoms with Crippen LogP contribution in [0.4, 0.5) is 4.79 Å². The number of likely N-dealkylation sites (tertiary alicyclic amines) is 1. The highest BCUT2D eigenvalue weighted by Crippen LogP contribution is 2.27. The van der Waals surface area contributed by atoms with Gasteiger partial charge in [-0.3, -0.25) is 0 Å². The zero-order chi connectivity index (χ0) is 16.5. The Morgan fingerprint density at radius 3 is 2.67 bits per heavy atom. The molecule has 4 rings (SSSR count). The number of pyridine rings is 1. The van der Waals surface area contributed by atoms with Crippen LogP contribution in [0.25, 0.3) is 23.2 Å².